The lowest BCUT2D eigenvalue weighted by atomic mass is 10.1. The zero-order valence-corrected chi connectivity index (χ0v) is 11.9. The van der Waals surface area contributed by atoms with Crippen LogP contribution in [0.25, 0.3) is 20.9 Å². The summed E-state index contributed by atoms with van der Waals surface area (Å²) >= 11 is 0. The van der Waals surface area contributed by atoms with Crippen molar-refractivity contribution in [3.63, 3.8) is 0 Å². The Balaban J connectivity index is 4.59. The normalized spacial score (nSPS) is 14.4. The van der Waals surface area contributed by atoms with E-state index in [-0.39, 0.29) is 6.04 Å². The van der Waals surface area contributed by atoms with Crippen molar-refractivity contribution in [2.24, 2.45) is 10.2 Å². The third-order valence-electron chi connectivity index (χ3n) is 1.98. The molecule has 0 saturated carbocycles. The SMILES string of the molecule is CCCC(CC(N=[N+]=[N-])O[Si](C)(C)C)N=[N+]=[N-]. The second kappa shape index (κ2) is 7.97. The maximum absolute atomic E-state index is 8.50. The minimum Gasteiger partial charge on any atom is -0.409 e. The number of azide groups is 2. The molecule has 17 heavy (non-hydrogen) atoms. The quantitative estimate of drug-likeness (QED) is 0.274. The number of hydrogen-bond acceptors (Lipinski definition) is 3. The first-order chi connectivity index (χ1) is 7.92. The van der Waals surface area contributed by atoms with E-state index in [0.717, 1.165) is 12.8 Å². The molecule has 0 saturated heterocycles. The lowest BCUT2D eigenvalue weighted by Crippen LogP contribution is -2.32. The van der Waals surface area contributed by atoms with Crippen LogP contribution in [-0.2, 0) is 4.43 Å². The Kier molecular flexibility index (Phi) is 7.41. The summed E-state index contributed by atoms with van der Waals surface area (Å²) in [5.41, 5.74) is 17.0. The van der Waals surface area contributed by atoms with Gasteiger partial charge in [-0.2, -0.15) is 0 Å². The fraction of sp³-hybridized carbons (Fsp3) is 1.00. The molecule has 0 aliphatic rings. The Hall–Kier alpha value is -1.20. The van der Waals surface area contributed by atoms with Crippen molar-refractivity contribution < 1.29 is 4.43 Å². The van der Waals surface area contributed by atoms with Gasteiger partial charge in [0, 0.05) is 15.9 Å². The molecule has 0 aromatic rings. The van der Waals surface area contributed by atoms with Gasteiger partial charge in [-0.15, -0.1) is 0 Å². The summed E-state index contributed by atoms with van der Waals surface area (Å²) in [6.07, 6.45) is 1.61. The fourth-order valence-electron chi connectivity index (χ4n) is 1.45. The molecule has 2 atom stereocenters. The summed E-state index contributed by atoms with van der Waals surface area (Å²) in [5, 5.41) is 7.32. The van der Waals surface area contributed by atoms with Crippen LogP contribution in [0.4, 0.5) is 0 Å². The van der Waals surface area contributed by atoms with Crippen LogP contribution in [0.3, 0.4) is 0 Å². The predicted molar refractivity (Wildman–Crippen MR) is 69.8 cm³/mol. The molecule has 0 heterocycles. The monoisotopic (exact) mass is 256 g/mol. The van der Waals surface area contributed by atoms with E-state index in [9.17, 15) is 0 Å². The Morgan fingerprint density at radius 2 is 1.76 bits per heavy atom. The average molecular weight is 256 g/mol. The molecule has 0 amide bonds. The number of hydrogen-bond donors (Lipinski definition) is 0. The van der Waals surface area contributed by atoms with Crippen LogP contribution in [0.5, 0.6) is 0 Å². The molecule has 0 bridgehead atoms. The largest absolute Gasteiger partial charge is 0.409 e. The molecule has 0 radical (unpaired) electrons. The van der Waals surface area contributed by atoms with Gasteiger partial charge in [-0.3, -0.25) is 0 Å². The Labute approximate surface area is 103 Å². The summed E-state index contributed by atoms with van der Waals surface area (Å²) in [7, 11) is -1.77. The van der Waals surface area contributed by atoms with Crippen molar-refractivity contribution in [1.29, 1.82) is 0 Å². The first-order valence-corrected chi connectivity index (χ1v) is 9.10. The first-order valence-electron chi connectivity index (χ1n) is 5.69. The lowest BCUT2D eigenvalue weighted by molar-refractivity contribution is 0.179. The van der Waals surface area contributed by atoms with E-state index in [1.165, 1.54) is 0 Å². The van der Waals surface area contributed by atoms with Gasteiger partial charge in [-0.25, -0.2) is 0 Å². The van der Waals surface area contributed by atoms with E-state index in [2.05, 4.69) is 20.1 Å². The van der Waals surface area contributed by atoms with Crippen molar-refractivity contribution in [2.75, 3.05) is 0 Å². The van der Waals surface area contributed by atoms with Gasteiger partial charge in [0.05, 0.1) is 0 Å². The van der Waals surface area contributed by atoms with Crippen LogP contribution in [-0.4, -0.2) is 20.6 Å². The standard InChI is InChI=1S/C9H20N6OSi/c1-5-6-8(12-14-10)7-9(13-15-11)16-17(2,3)4/h8-9H,5-7H2,1-4H3. The van der Waals surface area contributed by atoms with Crippen LogP contribution in [0, 0.1) is 0 Å². The van der Waals surface area contributed by atoms with Gasteiger partial charge in [-0.1, -0.05) is 23.6 Å². The summed E-state index contributed by atoms with van der Waals surface area (Å²) in [4.78, 5) is 5.59. The van der Waals surface area contributed by atoms with Crippen molar-refractivity contribution in [3.8, 4) is 0 Å². The average Bonchev–Trinajstić information content (AvgIpc) is 2.16. The predicted octanol–water partition coefficient (Wildman–Crippen LogP) is 4.34. The molecular formula is C9H20N6OSi. The summed E-state index contributed by atoms with van der Waals surface area (Å²) < 4.78 is 5.74. The van der Waals surface area contributed by atoms with Gasteiger partial charge in [0.1, 0.15) is 6.23 Å². The van der Waals surface area contributed by atoms with Crippen molar-refractivity contribution in [1.82, 2.24) is 0 Å². The molecule has 2 unspecified atom stereocenters. The van der Waals surface area contributed by atoms with E-state index in [0.29, 0.717) is 6.42 Å². The zero-order valence-electron chi connectivity index (χ0n) is 10.9. The van der Waals surface area contributed by atoms with Crippen molar-refractivity contribution >= 4 is 8.32 Å². The van der Waals surface area contributed by atoms with Crippen LogP contribution in [0.15, 0.2) is 10.2 Å². The van der Waals surface area contributed by atoms with Crippen molar-refractivity contribution in [3.05, 3.63) is 20.9 Å². The third kappa shape index (κ3) is 8.59. The molecule has 96 valence electrons. The van der Waals surface area contributed by atoms with Crippen LogP contribution < -0.4 is 0 Å². The zero-order chi connectivity index (χ0) is 13.3. The Morgan fingerprint density at radius 1 is 1.18 bits per heavy atom. The molecular weight excluding hydrogens is 236 g/mol. The first kappa shape index (κ1) is 15.8. The smallest absolute Gasteiger partial charge is 0.184 e. The summed E-state index contributed by atoms with van der Waals surface area (Å²) in [6, 6.07) is -0.170. The lowest BCUT2D eigenvalue weighted by Gasteiger charge is -2.24. The number of nitrogens with zero attached hydrogens (tertiary/aromatic N) is 6. The van der Waals surface area contributed by atoms with E-state index in [1.54, 1.807) is 0 Å². The van der Waals surface area contributed by atoms with E-state index in [4.69, 9.17) is 15.5 Å². The highest BCUT2D eigenvalue weighted by atomic mass is 28.4. The highest BCUT2D eigenvalue weighted by molar-refractivity contribution is 6.69. The maximum Gasteiger partial charge on any atom is 0.184 e. The molecule has 0 aromatic carbocycles. The second-order valence-corrected chi connectivity index (χ2v) is 9.23. The highest BCUT2D eigenvalue weighted by Crippen LogP contribution is 2.17. The molecule has 8 heteroatoms. The van der Waals surface area contributed by atoms with Gasteiger partial charge < -0.3 is 4.43 Å². The minimum atomic E-state index is -1.77. The Morgan fingerprint density at radius 3 is 2.18 bits per heavy atom. The van der Waals surface area contributed by atoms with E-state index >= 15 is 0 Å². The molecule has 0 N–H and O–H groups in total. The van der Waals surface area contributed by atoms with Gasteiger partial charge >= 0.3 is 0 Å². The van der Waals surface area contributed by atoms with Crippen molar-refractivity contribution in [2.45, 2.75) is 58.1 Å². The highest BCUT2D eigenvalue weighted by Gasteiger charge is 2.22. The molecule has 0 aliphatic carbocycles. The molecule has 0 aromatic heterocycles. The van der Waals surface area contributed by atoms with Crippen LogP contribution in [0.2, 0.25) is 19.6 Å². The van der Waals surface area contributed by atoms with E-state index in [1.807, 2.05) is 26.6 Å². The van der Waals surface area contributed by atoms with Crippen LogP contribution >= 0.6 is 0 Å². The topological polar surface area (TPSA) is 107 Å². The van der Waals surface area contributed by atoms with Crippen LogP contribution in [0.1, 0.15) is 26.2 Å². The molecule has 0 aliphatic heterocycles. The summed E-state index contributed by atoms with van der Waals surface area (Å²) in [6.45, 7) is 8.08. The van der Waals surface area contributed by atoms with Gasteiger partial charge in [-0.05, 0) is 43.5 Å². The molecule has 0 spiro atoms. The minimum absolute atomic E-state index is 0.170. The maximum atomic E-state index is 8.50. The fourth-order valence-corrected chi connectivity index (χ4v) is 2.41. The molecule has 0 fully saturated rings. The third-order valence-corrected chi connectivity index (χ3v) is 2.96. The second-order valence-electron chi connectivity index (χ2n) is 4.77. The number of rotatable bonds is 8. The molecule has 0 rings (SSSR count). The Bertz CT molecular complexity index is 316. The summed E-state index contributed by atoms with van der Waals surface area (Å²) in [5.74, 6) is 0. The van der Waals surface area contributed by atoms with Gasteiger partial charge in [0.15, 0.2) is 8.32 Å². The van der Waals surface area contributed by atoms with Gasteiger partial charge in [0.2, 0.25) is 0 Å². The van der Waals surface area contributed by atoms with Gasteiger partial charge in [0.25, 0.3) is 0 Å². The van der Waals surface area contributed by atoms with E-state index < -0.39 is 14.5 Å². The molecule has 7 nitrogen and oxygen atoms in total.